The maximum absolute atomic E-state index is 12.3. The lowest BCUT2D eigenvalue weighted by molar-refractivity contribution is -0.134. The van der Waals surface area contributed by atoms with E-state index in [1.165, 1.54) is 11.1 Å². The molecular weight excluding hydrogens is 332 g/mol. The molecule has 0 saturated carbocycles. The minimum absolute atomic E-state index is 0.0868. The molecule has 1 fully saturated rings. The first kappa shape index (κ1) is 18.1. The summed E-state index contributed by atoms with van der Waals surface area (Å²) in [5.74, 6) is -0.224. The predicted octanol–water partition coefficient (Wildman–Crippen LogP) is 0.0934. The molecule has 0 radical (unpaired) electrons. The third-order valence-electron chi connectivity index (χ3n) is 4.59. The van der Waals surface area contributed by atoms with Crippen LogP contribution in [0.25, 0.3) is 0 Å². The molecule has 1 aromatic heterocycles. The van der Waals surface area contributed by atoms with Crippen molar-refractivity contribution in [2.24, 2.45) is 0 Å². The predicted molar refractivity (Wildman–Crippen MR) is 96.0 cm³/mol. The molecular formula is C18H24N6O2. The number of nitrogens with zero attached hydrogens (tertiary/aromatic N) is 4. The first-order valence-corrected chi connectivity index (χ1v) is 8.80. The lowest BCUT2D eigenvalue weighted by Crippen LogP contribution is -2.56. The molecule has 3 rings (SSSR count). The topological polar surface area (TPSA) is 92.2 Å². The second kappa shape index (κ2) is 8.57. The van der Waals surface area contributed by atoms with E-state index in [0.29, 0.717) is 26.2 Å². The van der Waals surface area contributed by atoms with Crippen LogP contribution in [0.1, 0.15) is 17.5 Å². The molecule has 8 nitrogen and oxygen atoms in total. The first-order chi connectivity index (χ1) is 12.6. The van der Waals surface area contributed by atoms with E-state index in [-0.39, 0.29) is 18.2 Å². The second-order valence-corrected chi connectivity index (χ2v) is 6.42. The Morgan fingerprint density at radius 2 is 2.23 bits per heavy atom. The van der Waals surface area contributed by atoms with Gasteiger partial charge in [-0.3, -0.25) is 19.2 Å². The van der Waals surface area contributed by atoms with E-state index in [9.17, 15) is 9.59 Å². The van der Waals surface area contributed by atoms with Crippen molar-refractivity contribution in [3.63, 3.8) is 0 Å². The van der Waals surface area contributed by atoms with E-state index >= 15 is 0 Å². The van der Waals surface area contributed by atoms with Gasteiger partial charge >= 0.3 is 0 Å². The molecule has 1 aliphatic rings. The van der Waals surface area contributed by atoms with Gasteiger partial charge in [0.15, 0.2) is 0 Å². The van der Waals surface area contributed by atoms with Crippen molar-refractivity contribution >= 4 is 11.8 Å². The van der Waals surface area contributed by atoms with Crippen LogP contribution in [0.15, 0.2) is 36.7 Å². The number of carbonyl (C=O) groups excluding carboxylic acids is 2. The Morgan fingerprint density at radius 1 is 1.38 bits per heavy atom. The Kier molecular flexibility index (Phi) is 5.96. The standard InChI is InChI=1S/C18H24N6O2/c1-14-4-2-3-5-15(14)13-23-9-6-20-18(26)16(23)12-17(25)19-7-10-24-11-8-21-22-24/h2-5,8,11,16H,6-7,9-10,12-13H2,1H3,(H,19,25)(H,20,26)/t16-/m1/s1. The second-order valence-electron chi connectivity index (χ2n) is 6.42. The van der Waals surface area contributed by atoms with Crippen LogP contribution in [0.4, 0.5) is 0 Å². The van der Waals surface area contributed by atoms with E-state index in [4.69, 9.17) is 0 Å². The largest absolute Gasteiger partial charge is 0.354 e. The van der Waals surface area contributed by atoms with Crippen LogP contribution in [0, 0.1) is 6.92 Å². The van der Waals surface area contributed by atoms with Gasteiger partial charge in [-0.05, 0) is 18.1 Å². The molecule has 1 aliphatic heterocycles. The monoisotopic (exact) mass is 356 g/mol. The molecule has 2 aromatic rings. The summed E-state index contributed by atoms with van der Waals surface area (Å²) in [6.45, 7) is 5.07. The van der Waals surface area contributed by atoms with E-state index in [1.54, 1.807) is 17.1 Å². The first-order valence-electron chi connectivity index (χ1n) is 8.80. The highest BCUT2D eigenvalue weighted by atomic mass is 16.2. The highest BCUT2D eigenvalue weighted by molar-refractivity contribution is 5.88. The quantitative estimate of drug-likeness (QED) is 0.734. The Balaban J connectivity index is 1.56. The fraction of sp³-hybridized carbons (Fsp3) is 0.444. The number of nitrogens with one attached hydrogen (secondary N) is 2. The lowest BCUT2D eigenvalue weighted by Gasteiger charge is -2.35. The molecule has 1 saturated heterocycles. The van der Waals surface area contributed by atoms with Crippen molar-refractivity contribution in [1.29, 1.82) is 0 Å². The zero-order valence-electron chi connectivity index (χ0n) is 14.9. The average molecular weight is 356 g/mol. The highest BCUT2D eigenvalue weighted by Gasteiger charge is 2.31. The van der Waals surface area contributed by atoms with Gasteiger partial charge in [-0.15, -0.1) is 5.10 Å². The maximum atomic E-state index is 12.3. The van der Waals surface area contributed by atoms with Gasteiger partial charge in [0, 0.05) is 32.4 Å². The van der Waals surface area contributed by atoms with Gasteiger partial charge in [0.25, 0.3) is 0 Å². The van der Waals surface area contributed by atoms with Crippen LogP contribution in [-0.4, -0.2) is 57.4 Å². The van der Waals surface area contributed by atoms with Crippen LogP contribution in [0.5, 0.6) is 0 Å². The van der Waals surface area contributed by atoms with E-state index in [0.717, 1.165) is 6.54 Å². The molecule has 8 heteroatoms. The zero-order chi connectivity index (χ0) is 18.4. The highest BCUT2D eigenvalue weighted by Crippen LogP contribution is 2.16. The zero-order valence-corrected chi connectivity index (χ0v) is 14.9. The van der Waals surface area contributed by atoms with Gasteiger partial charge in [-0.2, -0.15) is 0 Å². The van der Waals surface area contributed by atoms with Crippen LogP contribution in [0.2, 0.25) is 0 Å². The Morgan fingerprint density at radius 3 is 3.00 bits per heavy atom. The van der Waals surface area contributed by atoms with Crippen molar-refractivity contribution in [1.82, 2.24) is 30.5 Å². The normalized spacial score (nSPS) is 17.7. The number of piperazine rings is 1. The minimum atomic E-state index is -0.449. The van der Waals surface area contributed by atoms with E-state index in [2.05, 4.69) is 44.9 Å². The SMILES string of the molecule is Cc1ccccc1CN1CCNC(=O)[C@H]1CC(=O)NCCn1ccnn1. The number of rotatable bonds is 7. The van der Waals surface area contributed by atoms with Crippen molar-refractivity contribution < 1.29 is 9.59 Å². The minimum Gasteiger partial charge on any atom is -0.354 e. The summed E-state index contributed by atoms with van der Waals surface area (Å²) in [5.41, 5.74) is 2.37. The lowest BCUT2D eigenvalue weighted by atomic mass is 10.0. The van der Waals surface area contributed by atoms with Crippen LogP contribution >= 0.6 is 0 Å². The number of benzene rings is 1. The van der Waals surface area contributed by atoms with Gasteiger partial charge in [-0.25, -0.2) is 0 Å². The third-order valence-corrected chi connectivity index (χ3v) is 4.59. The number of amides is 2. The third kappa shape index (κ3) is 4.66. The Bertz CT molecular complexity index is 746. The smallest absolute Gasteiger partial charge is 0.237 e. The molecule has 0 spiro atoms. The van der Waals surface area contributed by atoms with Crippen LogP contribution < -0.4 is 10.6 Å². The summed E-state index contributed by atoms with van der Waals surface area (Å²) >= 11 is 0. The number of hydrogen-bond donors (Lipinski definition) is 2. The molecule has 1 atom stereocenters. The summed E-state index contributed by atoms with van der Waals surface area (Å²) in [4.78, 5) is 26.7. The summed E-state index contributed by atoms with van der Waals surface area (Å²) in [5, 5.41) is 13.3. The summed E-state index contributed by atoms with van der Waals surface area (Å²) in [6, 6.07) is 7.68. The fourth-order valence-corrected chi connectivity index (χ4v) is 3.09. The Labute approximate surface area is 152 Å². The maximum Gasteiger partial charge on any atom is 0.237 e. The summed E-state index contributed by atoms with van der Waals surface area (Å²) < 4.78 is 1.65. The van der Waals surface area contributed by atoms with E-state index in [1.807, 2.05) is 12.1 Å². The van der Waals surface area contributed by atoms with Crippen molar-refractivity contribution in [2.75, 3.05) is 19.6 Å². The molecule has 2 heterocycles. The number of carbonyl (C=O) groups is 2. The van der Waals surface area contributed by atoms with Crippen LogP contribution in [-0.2, 0) is 22.7 Å². The summed E-state index contributed by atoms with van der Waals surface area (Å²) in [6.07, 6.45) is 3.48. The van der Waals surface area contributed by atoms with Crippen molar-refractivity contribution in [2.45, 2.75) is 32.5 Å². The van der Waals surface area contributed by atoms with E-state index < -0.39 is 6.04 Å². The van der Waals surface area contributed by atoms with Crippen molar-refractivity contribution in [3.05, 3.63) is 47.8 Å². The molecule has 0 bridgehead atoms. The molecule has 2 N–H and O–H groups in total. The van der Waals surface area contributed by atoms with Gasteiger partial charge in [0.1, 0.15) is 0 Å². The van der Waals surface area contributed by atoms with Gasteiger partial charge in [0.05, 0.1) is 25.2 Å². The average Bonchev–Trinajstić information content (AvgIpc) is 3.13. The van der Waals surface area contributed by atoms with Gasteiger partial charge in [-0.1, -0.05) is 29.5 Å². The Hall–Kier alpha value is -2.74. The fourth-order valence-electron chi connectivity index (χ4n) is 3.09. The number of aryl methyl sites for hydroxylation is 1. The number of hydrogen-bond acceptors (Lipinski definition) is 5. The number of aromatic nitrogens is 3. The molecule has 1 aromatic carbocycles. The van der Waals surface area contributed by atoms with Crippen molar-refractivity contribution in [3.8, 4) is 0 Å². The molecule has 138 valence electrons. The van der Waals surface area contributed by atoms with Crippen LogP contribution in [0.3, 0.4) is 0 Å². The summed E-state index contributed by atoms with van der Waals surface area (Å²) in [7, 11) is 0. The molecule has 0 unspecified atom stereocenters. The van der Waals surface area contributed by atoms with Gasteiger partial charge < -0.3 is 10.6 Å². The molecule has 26 heavy (non-hydrogen) atoms. The molecule has 2 amide bonds. The molecule has 0 aliphatic carbocycles. The van der Waals surface area contributed by atoms with Gasteiger partial charge in [0.2, 0.25) is 11.8 Å².